The molecule has 0 saturated carbocycles. The quantitative estimate of drug-likeness (QED) is 0.849. The summed E-state index contributed by atoms with van der Waals surface area (Å²) in [6.45, 7) is 2.56. The van der Waals surface area contributed by atoms with Gasteiger partial charge in [-0.05, 0) is 55.5 Å². The van der Waals surface area contributed by atoms with Crippen molar-refractivity contribution < 1.29 is 14.6 Å². The van der Waals surface area contributed by atoms with Crippen molar-refractivity contribution in [2.24, 2.45) is 0 Å². The molecule has 21 heavy (non-hydrogen) atoms. The maximum atomic E-state index is 10.8. The zero-order valence-electron chi connectivity index (χ0n) is 11.5. The first kappa shape index (κ1) is 15.2. The predicted molar refractivity (Wildman–Crippen MR) is 83.4 cm³/mol. The number of rotatable bonds is 6. The van der Waals surface area contributed by atoms with Gasteiger partial charge < -0.3 is 15.2 Å². The van der Waals surface area contributed by atoms with Gasteiger partial charge in [-0.2, -0.15) is 0 Å². The average molecular weight is 306 g/mol. The van der Waals surface area contributed by atoms with Crippen molar-refractivity contribution in [3.8, 4) is 5.75 Å². The second kappa shape index (κ2) is 6.99. The van der Waals surface area contributed by atoms with Crippen LogP contribution in [0.3, 0.4) is 0 Å². The fourth-order valence-electron chi connectivity index (χ4n) is 1.78. The van der Waals surface area contributed by atoms with E-state index in [1.165, 1.54) is 0 Å². The number of nitrogens with one attached hydrogen (secondary N) is 1. The smallest absolute Gasteiger partial charge is 0.335 e. The number of carboxylic acids is 1. The lowest BCUT2D eigenvalue weighted by Crippen LogP contribution is -2.22. The summed E-state index contributed by atoms with van der Waals surface area (Å²) in [5.41, 5.74) is 1.12. The third kappa shape index (κ3) is 4.68. The van der Waals surface area contributed by atoms with Crippen molar-refractivity contribution in [1.29, 1.82) is 0 Å². The van der Waals surface area contributed by atoms with Gasteiger partial charge in [-0.15, -0.1) is 0 Å². The monoisotopic (exact) mass is 305 g/mol. The molecule has 0 aliphatic rings. The molecule has 0 spiro atoms. The third-order valence-electron chi connectivity index (χ3n) is 2.88. The molecule has 1 unspecified atom stereocenters. The van der Waals surface area contributed by atoms with Crippen LogP contribution < -0.4 is 10.1 Å². The van der Waals surface area contributed by atoms with Crippen LogP contribution >= 0.6 is 11.6 Å². The summed E-state index contributed by atoms with van der Waals surface area (Å²) in [7, 11) is 0. The number of aromatic carboxylic acids is 1. The molecule has 0 aromatic heterocycles. The van der Waals surface area contributed by atoms with E-state index in [-0.39, 0.29) is 11.7 Å². The van der Waals surface area contributed by atoms with Gasteiger partial charge in [0.1, 0.15) is 11.9 Å². The molecule has 4 nitrogen and oxygen atoms in total. The third-order valence-corrected chi connectivity index (χ3v) is 3.13. The number of ether oxygens (including phenoxy) is 1. The van der Waals surface area contributed by atoms with Gasteiger partial charge in [0.05, 0.1) is 12.1 Å². The largest absolute Gasteiger partial charge is 0.489 e. The highest BCUT2D eigenvalue weighted by atomic mass is 35.5. The van der Waals surface area contributed by atoms with E-state index in [1.807, 2.05) is 19.1 Å². The molecule has 1 atom stereocenters. The van der Waals surface area contributed by atoms with Crippen molar-refractivity contribution in [1.82, 2.24) is 0 Å². The lowest BCUT2D eigenvalue weighted by atomic mass is 10.2. The Labute approximate surface area is 128 Å². The van der Waals surface area contributed by atoms with Gasteiger partial charge in [-0.25, -0.2) is 4.79 Å². The maximum absolute atomic E-state index is 10.8. The molecule has 0 aliphatic heterocycles. The summed E-state index contributed by atoms with van der Waals surface area (Å²) in [6, 6.07) is 13.8. The molecule has 0 bridgehead atoms. The molecule has 2 N–H and O–H groups in total. The van der Waals surface area contributed by atoms with Gasteiger partial charge in [0.15, 0.2) is 0 Å². The minimum atomic E-state index is -0.930. The Kier molecular flexibility index (Phi) is 5.06. The number of anilines is 1. The minimum absolute atomic E-state index is 0.0367. The zero-order valence-corrected chi connectivity index (χ0v) is 12.3. The lowest BCUT2D eigenvalue weighted by molar-refractivity contribution is 0.0697. The van der Waals surface area contributed by atoms with Crippen molar-refractivity contribution in [3.63, 3.8) is 0 Å². The molecule has 0 aliphatic carbocycles. The van der Waals surface area contributed by atoms with Crippen LogP contribution in [0.4, 0.5) is 5.69 Å². The van der Waals surface area contributed by atoms with Crippen LogP contribution in [0.15, 0.2) is 48.5 Å². The van der Waals surface area contributed by atoms with E-state index in [9.17, 15) is 4.79 Å². The molecule has 2 rings (SSSR count). The van der Waals surface area contributed by atoms with Crippen LogP contribution in [0, 0.1) is 0 Å². The summed E-state index contributed by atoms with van der Waals surface area (Å²) < 4.78 is 5.74. The van der Waals surface area contributed by atoms with Crippen molar-refractivity contribution in [3.05, 3.63) is 59.1 Å². The summed E-state index contributed by atoms with van der Waals surface area (Å²) in [4.78, 5) is 10.8. The highest BCUT2D eigenvalue weighted by molar-refractivity contribution is 6.30. The number of carboxylic acid groups (broad SMARTS) is 1. The van der Waals surface area contributed by atoms with Gasteiger partial charge in [0.25, 0.3) is 0 Å². The van der Waals surface area contributed by atoms with E-state index < -0.39 is 5.97 Å². The van der Waals surface area contributed by atoms with E-state index >= 15 is 0 Å². The van der Waals surface area contributed by atoms with Crippen molar-refractivity contribution >= 4 is 23.3 Å². The SMILES string of the molecule is CC(CNc1ccc(C(=O)O)cc1)Oc1ccc(Cl)cc1. The summed E-state index contributed by atoms with van der Waals surface area (Å²) in [5.74, 6) is -0.170. The number of carbonyl (C=O) groups is 1. The van der Waals surface area contributed by atoms with Crippen LogP contribution in [-0.4, -0.2) is 23.7 Å². The van der Waals surface area contributed by atoms with E-state index in [1.54, 1.807) is 36.4 Å². The Hall–Kier alpha value is -2.20. The molecular formula is C16H16ClNO3. The Morgan fingerprint density at radius 2 is 1.81 bits per heavy atom. The molecule has 0 fully saturated rings. The fourth-order valence-corrected chi connectivity index (χ4v) is 1.91. The molecule has 5 heteroatoms. The molecule has 110 valence electrons. The molecule has 2 aromatic rings. The second-order valence-electron chi connectivity index (χ2n) is 4.65. The Balaban J connectivity index is 1.84. The van der Waals surface area contributed by atoms with E-state index in [2.05, 4.69) is 5.32 Å². The Morgan fingerprint density at radius 3 is 2.38 bits per heavy atom. The van der Waals surface area contributed by atoms with Gasteiger partial charge in [0.2, 0.25) is 0 Å². The minimum Gasteiger partial charge on any atom is -0.489 e. The normalized spacial score (nSPS) is 11.7. The number of hydrogen-bond donors (Lipinski definition) is 2. The Bertz CT molecular complexity index is 596. The van der Waals surface area contributed by atoms with E-state index in [4.69, 9.17) is 21.4 Å². The van der Waals surface area contributed by atoms with Gasteiger partial charge in [-0.3, -0.25) is 0 Å². The average Bonchev–Trinajstić information content (AvgIpc) is 2.48. The number of hydrogen-bond acceptors (Lipinski definition) is 3. The standard InChI is InChI=1S/C16H16ClNO3/c1-11(21-15-8-4-13(17)5-9-15)10-18-14-6-2-12(3-7-14)16(19)20/h2-9,11,18H,10H2,1H3,(H,19,20). The first-order valence-electron chi connectivity index (χ1n) is 6.54. The molecule has 0 heterocycles. The highest BCUT2D eigenvalue weighted by Gasteiger charge is 2.05. The fraction of sp³-hybridized carbons (Fsp3) is 0.188. The summed E-state index contributed by atoms with van der Waals surface area (Å²) >= 11 is 5.81. The predicted octanol–water partition coefficient (Wildman–Crippen LogP) is 3.92. The van der Waals surface area contributed by atoms with Crippen LogP contribution in [0.25, 0.3) is 0 Å². The molecule has 0 saturated heterocycles. The maximum Gasteiger partial charge on any atom is 0.335 e. The first-order valence-corrected chi connectivity index (χ1v) is 6.92. The van der Waals surface area contributed by atoms with E-state index in [0.29, 0.717) is 11.6 Å². The zero-order chi connectivity index (χ0) is 15.2. The van der Waals surface area contributed by atoms with Crippen molar-refractivity contribution in [2.75, 3.05) is 11.9 Å². The highest BCUT2D eigenvalue weighted by Crippen LogP contribution is 2.17. The lowest BCUT2D eigenvalue weighted by Gasteiger charge is -2.16. The van der Waals surface area contributed by atoms with Crippen LogP contribution in [0.2, 0.25) is 5.02 Å². The molecule has 2 aromatic carbocycles. The topological polar surface area (TPSA) is 58.6 Å². The van der Waals surface area contributed by atoms with Crippen LogP contribution in [0.1, 0.15) is 17.3 Å². The summed E-state index contributed by atoms with van der Waals surface area (Å²) in [6.07, 6.45) is -0.0367. The molecular weight excluding hydrogens is 290 g/mol. The van der Waals surface area contributed by atoms with Crippen molar-refractivity contribution in [2.45, 2.75) is 13.0 Å². The number of benzene rings is 2. The first-order chi connectivity index (χ1) is 10.0. The second-order valence-corrected chi connectivity index (χ2v) is 5.08. The van der Waals surface area contributed by atoms with E-state index in [0.717, 1.165) is 11.4 Å². The Morgan fingerprint density at radius 1 is 1.19 bits per heavy atom. The molecule has 0 radical (unpaired) electrons. The van der Waals surface area contributed by atoms with Gasteiger partial charge in [0, 0.05) is 10.7 Å². The van der Waals surface area contributed by atoms with Gasteiger partial charge in [-0.1, -0.05) is 11.6 Å². The molecule has 0 amide bonds. The van der Waals surface area contributed by atoms with Crippen LogP contribution in [0.5, 0.6) is 5.75 Å². The number of halogens is 1. The van der Waals surface area contributed by atoms with Crippen LogP contribution in [-0.2, 0) is 0 Å². The summed E-state index contributed by atoms with van der Waals surface area (Å²) in [5, 5.41) is 12.7. The van der Waals surface area contributed by atoms with Gasteiger partial charge >= 0.3 is 5.97 Å².